The molecule has 2 fully saturated rings. The lowest BCUT2D eigenvalue weighted by molar-refractivity contribution is -0.137. The van der Waals surface area contributed by atoms with Gasteiger partial charge < -0.3 is 4.90 Å². The molecule has 2 rings (SSSR count). The lowest BCUT2D eigenvalue weighted by Gasteiger charge is -2.38. The van der Waals surface area contributed by atoms with Crippen molar-refractivity contribution in [3.05, 3.63) is 0 Å². The first kappa shape index (κ1) is 12.7. The standard InChI is InChI=1S/C12H20F2N2O/c1-3-9(2)11(17)15-4-5-16-8-12(13,14)6-10(16)7-15/h9-10H,3-8H2,1-2H3. The van der Waals surface area contributed by atoms with Crippen LogP contribution < -0.4 is 0 Å². The Kier molecular flexibility index (Phi) is 3.39. The van der Waals surface area contributed by atoms with Crippen LogP contribution in [0, 0.1) is 5.92 Å². The minimum atomic E-state index is -2.57. The van der Waals surface area contributed by atoms with E-state index in [1.165, 1.54) is 0 Å². The summed E-state index contributed by atoms with van der Waals surface area (Å²) in [6, 6.07) is -0.147. The van der Waals surface area contributed by atoms with Crippen molar-refractivity contribution in [3.8, 4) is 0 Å². The molecule has 2 heterocycles. The quantitative estimate of drug-likeness (QED) is 0.738. The van der Waals surface area contributed by atoms with Crippen molar-refractivity contribution < 1.29 is 13.6 Å². The lowest BCUT2D eigenvalue weighted by atomic mass is 10.1. The summed E-state index contributed by atoms with van der Waals surface area (Å²) in [7, 11) is 0. The number of nitrogens with zero attached hydrogens (tertiary/aromatic N) is 2. The monoisotopic (exact) mass is 246 g/mol. The summed E-state index contributed by atoms with van der Waals surface area (Å²) >= 11 is 0. The zero-order valence-corrected chi connectivity index (χ0v) is 10.5. The summed E-state index contributed by atoms with van der Waals surface area (Å²) in [6.07, 6.45) is 0.706. The molecule has 2 aliphatic heterocycles. The van der Waals surface area contributed by atoms with Crippen LogP contribution in [0.3, 0.4) is 0 Å². The van der Waals surface area contributed by atoms with Gasteiger partial charge >= 0.3 is 0 Å². The van der Waals surface area contributed by atoms with E-state index in [0.29, 0.717) is 19.6 Å². The number of amides is 1. The minimum Gasteiger partial charge on any atom is -0.340 e. The lowest BCUT2D eigenvalue weighted by Crippen LogP contribution is -2.53. The zero-order chi connectivity index (χ0) is 12.6. The van der Waals surface area contributed by atoms with E-state index in [-0.39, 0.29) is 30.8 Å². The molecule has 2 aliphatic rings. The number of hydrogen-bond donors (Lipinski definition) is 0. The van der Waals surface area contributed by atoms with E-state index in [1.54, 1.807) is 4.90 Å². The van der Waals surface area contributed by atoms with Crippen molar-refractivity contribution in [2.24, 2.45) is 5.92 Å². The van der Waals surface area contributed by atoms with Crippen LogP contribution >= 0.6 is 0 Å². The highest BCUT2D eigenvalue weighted by Crippen LogP contribution is 2.34. The van der Waals surface area contributed by atoms with Crippen LogP contribution in [-0.4, -0.2) is 53.9 Å². The molecule has 0 saturated carbocycles. The molecule has 0 aromatic heterocycles. The third-order valence-electron chi connectivity index (χ3n) is 3.92. The van der Waals surface area contributed by atoms with Gasteiger partial charge in [-0.25, -0.2) is 8.78 Å². The predicted octanol–water partition coefficient (Wildman–Crippen LogP) is 1.58. The first-order valence-corrected chi connectivity index (χ1v) is 6.33. The van der Waals surface area contributed by atoms with Gasteiger partial charge in [0.2, 0.25) is 5.91 Å². The number of alkyl halides is 2. The number of rotatable bonds is 2. The summed E-state index contributed by atoms with van der Waals surface area (Å²) in [5.41, 5.74) is 0. The molecule has 2 unspecified atom stereocenters. The fraction of sp³-hybridized carbons (Fsp3) is 0.917. The van der Waals surface area contributed by atoms with Gasteiger partial charge in [-0.3, -0.25) is 9.69 Å². The maximum Gasteiger partial charge on any atom is 0.262 e. The molecule has 0 aromatic rings. The second kappa shape index (κ2) is 4.52. The van der Waals surface area contributed by atoms with E-state index >= 15 is 0 Å². The molecule has 17 heavy (non-hydrogen) atoms. The first-order valence-electron chi connectivity index (χ1n) is 6.33. The maximum atomic E-state index is 13.3. The third-order valence-corrected chi connectivity index (χ3v) is 3.92. The Morgan fingerprint density at radius 2 is 2.18 bits per heavy atom. The van der Waals surface area contributed by atoms with E-state index in [4.69, 9.17) is 0 Å². The molecule has 2 saturated heterocycles. The number of carbonyl (C=O) groups is 1. The van der Waals surface area contributed by atoms with Gasteiger partial charge in [0.15, 0.2) is 0 Å². The Morgan fingerprint density at radius 3 is 2.82 bits per heavy atom. The van der Waals surface area contributed by atoms with Gasteiger partial charge in [0.05, 0.1) is 6.54 Å². The molecule has 0 N–H and O–H groups in total. The van der Waals surface area contributed by atoms with Crippen LogP contribution in [0.1, 0.15) is 26.7 Å². The average Bonchev–Trinajstić information content (AvgIpc) is 2.59. The van der Waals surface area contributed by atoms with Crippen LogP contribution in [-0.2, 0) is 4.79 Å². The molecule has 0 spiro atoms. The Labute approximate surface area is 101 Å². The van der Waals surface area contributed by atoms with Gasteiger partial charge in [-0.05, 0) is 6.42 Å². The van der Waals surface area contributed by atoms with Gasteiger partial charge in [-0.2, -0.15) is 0 Å². The molecule has 98 valence electrons. The predicted molar refractivity (Wildman–Crippen MR) is 61.0 cm³/mol. The molecule has 3 nitrogen and oxygen atoms in total. The highest BCUT2D eigenvalue weighted by molar-refractivity contribution is 5.78. The summed E-state index contributed by atoms with van der Waals surface area (Å²) in [5, 5.41) is 0. The van der Waals surface area contributed by atoms with Gasteiger partial charge in [0.1, 0.15) is 0 Å². The third kappa shape index (κ3) is 2.59. The summed E-state index contributed by atoms with van der Waals surface area (Å²) < 4.78 is 26.5. The van der Waals surface area contributed by atoms with Crippen LogP contribution in [0.5, 0.6) is 0 Å². The molecule has 0 aliphatic carbocycles. The van der Waals surface area contributed by atoms with Gasteiger partial charge in [-0.1, -0.05) is 13.8 Å². The second-order valence-electron chi connectivity index (χ2n) is 5.28. The molecule has 1 amide bonds. The number of hydrogen-bond acceptors (Lipinski definition) is 2. The van der Waals surface area contributed by atoms with Crippen LogP contribution in [0.25, 0.3) is 0 Å². The fourth-order valence-corrected chi connectivity index (χ4v) is 2.69. The minimum absolute atomic E-state index is 0.00321. The molecule has 0 radical (unpaired) electrons. The largest absolute Gasteiger partial charge is 0.340 e. The van der Waals surface area contributed by atoms with E-state index in [0.717, 1.165) is 6.42 Å². The normalized spacial score (nSPS) is 30.1. The maximum absolute atomic E-state index is 13.3. The summed E-state index contributed by atoms with van der Waals surface area (Å²) in [5.74, 6) is -2.45. The number of halogens is 2. The molecule has 0 aromatic carbocycles. The van der Waals surface area contributed by atoms with Gasteiger partial charge in [-0.15, -0.1) is 0 Å². The van der Waals surface area contributed by atoms with Crippen molar-refractivity contribution in [3.63, 3.8) is 0 Å². The number of fused-ring (bicyclic) bond motifs is 1. The Morgan fingerprint density at radius 1 is 1.47 bits per heavy atom. The van der Waals surface area contributed by atoms with Crippen LogP contribution in [0.2, 0.25) is 0 Å². The summed E-state index contributed by atoms with van der Waals surface area (Å²) in [6.45, 7) is 5.39. The second-order valence-corrected chi connectivity index (χ2v) is 5.28. The molecule has 5 heteroatoms. The average molecular weight is 246 g/mol. The Hall–Kier alpha value is -0.710. The van der Waals surface area contributed by atoms with E-state index < -0.39 is 5.92 Å². The molecular formula is C12H20F2N2O. The fourth-order valence-electron chi connectivity index (χ4n) is 2.69. The summed E-state index contributed by atoms with van der Waals surface area (Å²) in [4.78, 5) is 15.6. The van der Waals surface area contributed by atoms with Crippen LogP contribution in [0.4, 0.5) is 8.78 Å². The smallest absolute Gasteiger partial charge is 0.262 e. The van der Waals surface area contributed by atoms with E-state index in [2.05, 4.69) is 0 Å². The Bertz CT molecular complexity index is 309. The Balaban J connectivity index is 1.96. The van der Waals surface area contributed by atoms with E-state index in [9.17, 15) is 13.6 Å². The highest BCUT2D eigenvalue weighted by Gasteiger charge is 2.47. The molecule has 2 atom stereocenters. The van der Waals surface area contributed by atoms with Crippen LogP contribution in [0.15, 0.2) is 0 Å². The van der Waals surface area contributed by atoms with Crippen molar-refractivity contribution in [2.75, 3.05) is 26.2 Å². The SMILES string of the molecule is CCC(C)C(=O)N1CCN2CC(F)(F)CC2C1. The van der Waals surface area contributed by atoms with Crippen molar-refractivity contribution in [1.29, 1.82) is 0 Å². The zero-order valence-electron chi connectivity index (χ0n) is 10.5. The first-order chi connectivity index (χ1) is 7.93. The van der Waals surface area contributed by atoms with E-state index in [1.807, 2.05) is 18.7 Å². The van der Waals surface area contributed by atoms with Gasteiger partial charge in [0.25, 0.3) is 5.92 Å². The topological polar surface area (TPSA) is 23.6 Å². The van der Waals surface area contributed by atoms with Crippen molar-refractivity contribution >= 4 is 5.91 Å². The highest BCUT2D eigenvalue weighted by atomic mass is 19.3. The molecular weight excluding hydrogens is 226 g/mol. The van der Waals surface area contributed by atoms with Crippen molar-refractivity contribution in [2.45, 2.75) is 38.7 Å². The van der Waals surface area contributed by atoms with Crippen molar-refractivity contribution in [1.82, 2.24) is 9.80 Å². The molecule has 0 bridgehead atoms. The van der Waals surface area contributed by atoms with Gasteiger partial charge in [0, 0.05) is 38.0 Å². The number of carbonyl (C=O) groups excluding carboxylic acids is 1. The number of piperazine rings is 1.